The van der Waals surface area contributed by atoms with E-state index in [0.717, 1.165) is 4.31 Å². The van der Waals surface area contributed by atoms with E-state index in [2.05, 4.69) is 4.72 Å². The molecule has 3 amide bonds. The zero-order chi connectivity index (χ0) is 62.7. The molecule has 0 saturated carbocycles. The van der Waals surface area contributed by atoms with Gasteiger partial charge in [0.25, 0.3) is 17.7 Å². The Morgan fingerprint density at radius 1 is 0.476 bits per heavy atom. The number of hydrogen-bond donors (Lipinski definition) is 8. The number of nitrogens with two attached hydrogens (primary N) is 1. The fourth-order valence-corrected chi connectivity index (χ4v) is 16.6. The summed E-state index contributed by atoms with van der Waals surface area (Å²) in [4.78, 5) is 36.3. The lowest BCUT2D eigenvalue weighted by molar-refractivity contribution is -0.135. The van der Waals surface area contributed by atoms with Crippen molar-refractivity contribution in [3.8, 4) is 17.2 Å². The van der Waals surface area contributed by atoms with Crippen LogP contribution in [0.15, 0.2) is 87.5 Å². The summed E-state index contributed by atoms with van der Waals surface area (Å²) < 4.78 is 176. The van der Waals surface area contributed by atoms with Gasteiger partial charge in [-0.1, -0.05) is 0 Å². The maximum Gasteiger partial charge on any atom is 0.265 e. The number of hydrogen-bond acceptors (Lipinski definition) is 24. The smallest absolute Gasteiger partial charge is 0.265 e. The van der Waals surface area contributed by atoms with Crippen LogP contribution in [0.4, 0.5) is 0 Å². The second-order valence-corrected chi connectivity index (χ2v) is 32.0. The number of carbonyl (C=O) groups excluding carboxylic acids is 3. The summed E-state index contributed by atoms with van der Waals surface area (Å²) >= 11 is 0. The zero-order valence-electron chi connectivity index (χ0n) is 46.2. The molecule has 3 heterocycles. The van der Waals surface area contributed by atoms with E-state index in [1.54, 1.807) is 0 Å². The molecule has 0 aliphatic carbocycles. The lowest BCUT2D eigenvalue weighted by atomic mass is 9.98. The van der Waals surface area contributed by atoms with Gasteiger partial charge >= 0.3 is 0 Å². The maximum atomic E-state index is 13.1. The molecule has 6 rings (SSSR count). The van der Waals surface area contributed by atoms with Crippen LogP contribution in [0, 0.1) is 0 Å². The van der Waals surface area contributed by atoms with Gasteiger partial charge in [-0.2, -0.15) is 0 Å². The molecular formula is C48H72N6O24S6. The average molecular weight is 1310 g/mol. The molecule has 3 saturated heterocycles. The number of carbonyl (C=O) groups is 3. The number of hydroxylamine groups is 3. The Balaban J connectivity index is 0.000000270. The highest BCUT2D eigenvalue weighted by atomic mass is 32.2. The van der Waals surface area contributed by atoms with Crippen molar-refractivity contribution in [1.29, 1.82) is 0 Å². The Morgan fingerprint density at radius 2 is 0.738 bits per heavy atom. The van der Waals surface area contributed by atoms with Crippen molar-refractivity contribution in [2.75, 3.05) is 97.9 Å². The van der Waals surface area contributed by atoms with Crippen molar-refractivity contribution in [3.63, 3.8) is 0 Å². The van der Waals surface area contributed by atoms with E-state index in [-0.39, 0.29) is 149 Å². The van der Waals surface area contributed by atoms with Gasteiger partial charge in [-0.05, 0) is 138 Å². The van der Waals surface area contributed by atoms with Crippen LogP contribution in [0.5, 0.6) is 17.2 Å². The highest BCUT2D eigenvalue weighted by Gasteiger charge is 2.54. The number of nitrogens with one attached hydrogen (secondary N) is 4. The third-order valence-corrected chi connectivity index (χ3v) is 25.5. The molecule has 0 atom stereocenters. The Bertz CT molecular complexity index is 3350. The van der Waals surface area contributed by atoms with Crippen LogP contribution < -0.4 is 40.5 Å². The molecule has 3 fully saturated rings. The minimum absolute atomic E-state index is 0.0622. The number of primary sulfonamides is 1. The van der Waals surface area contributed by atoms with Crippen LogP contribution in [-0.2, 0) is 88.2 Å². The first-order chi connectivity index (χ1) is 39.4. The maximum absolute atomic E-state index is 13.1. The van der Waals surface area contributed by atoms with Gasteiger partial charge in [0.1, 0.15) is 17.2 Å². The second-order valence-electron chi connectivity index (χ2n) is 19.2. The molecule has 9 N–H and O–H groups in total. The molecule has 84 heavy (non-hydrogen) atoms. The van der Waals surface area contributed by atoms with E-state index in [4.69, 9.17) is 49.2 Å². The predicted molar refractivity (Wildman–Crippen MR) is 298 cm³/mol. The highest BCUT2D eigenvalue weighted by Crippen LogP contribution is 2.38. The minimum Gasteiger partial charge on any atom is -0.494 e. The molecule has 30 nitrogen and oxygen atoms in total. The van der Waals surface area contributed by atoms with Gasteiger partial charge in [-0.25, -0.2) is 81.1 Å². The largest absolute Gasteiger partial charge is 0.494 e. The normalized spacial score (nSPS) is 17.1. The van der Waals surface area contributed by atoms with Crippen molar-refractivity contribution in [1.82, 2.24) is 25.5 Å². The number of sulfone groups is 3. The SMILES string of the molecule is CN(C)S(=O)(=O)CCCOc1ccc(S(=O)(=O)C2(C(=O)NO)CCOCC2)cc1.CNS(=O)(=O)CCCOc1ccc(S(=O)(=O)C2(C(=O)NO)CCOCC2)cc1.NS(=O)(=O)CCCOc1ccc(S(=O)(=O)C2(C(=O)NO)CCOCC2)cc1. The molecule has 0 aromatic heterocycles. The van der Waals surface area contributed by atoms with Crippen molar-refractivity contribution >= 4 is 77.3 Å². The standard InChI is InChI=1S/C17H26N2O8S2.C16H24N2O8S2.C15H22N2O8S2/c1-19(2)28(22,23)13-3-10-27-14-4-6-15(7-5-14)29(24,25)17(16(20)18-21)8-11-26-12-9-17;1-17-27(21,22)12-2-9-26-13-3-5-14(6-4-13)28(23,24)16(15(19)18-20)7-10-25-11-8-16;16-26(20,21)11-1-8-25-12-2-4-13(5-3-12)27(22,23)15(14(18)17-19)6-9-24-10-7-15/h4-7,21H,3,8-13H2,1-2H3,(H,18,20);3-6,17,20H,2,7-12H2,1H3,(H,18,19);2-5,19H,1,6-11H2,(H,17,18)(H2,16,20,21). The monoisotopic (exact) mass is 1310 g/mol. The number of rotatable bonds is 26. The molecule has 0 radical (unpaired) electrons. The van der Waals surface area contributed by atoms with E-state index in [9.17, 15) is 64.9 Å². The highest BCUT2D eigenvalue weighted by molar-refractivity contribution is 7.94. The number of sulfonamides is 3. The number of ether oxygens (including phenoxy) is 6. The van der Waals surface area contributed by atoms with Gasteiger partial charge in [-0.3, -0.25) is 30.0 Å². The fraction of sp³-hybridized carbons (Fsp3) is 0.562. The second kappa shape index (κ2) is 30.9. The number of benzene rings is 3. The molecule has 0 unspecified atom stereocenters. The fourth-order valence-electron chi connectivity index (χ4n) is 8.69. The van der Waals surface area contributed by atoms with E-state index >= 15 is 0 Å². The molecular weight excluding hydrogens is 1240 g/mol. The molecule has 3 aromatic rings. The first kappa shape index (κ1) is 71.3. The molecule has 0 spiro atoms. The Labute approximate surface area is 488 Å². The van der Waals surface area contributed by atoms with Crippen LogP contribution in [0.2, 0.25) is 0 Å². The first-order valence-electron chi connectivity index (χ1n) is 25.7. The molecule has 3 aliphatic heterocycles. The van der Waals surface area contributed by atoms with Gasteiger partial charge in [0.2, 0.25) is 30.1 Å². The molecule has 3 aromatic carbocycles. The molecule has 474 valence electrons. The van der Waals surface area contributed by atoms with Crippen molar-refractivity contribution < 1.29 is 109 Å². The lowest BCUT2D eigenvalue weighted by Crippen LogP contribution is -2.54. The van der Waals surface area contributed by atoms with E-state index < -0.39 is 91.5 Å². The Hall–Kier alpha value is -5.19. The average Bonchev–Trinajstić information content (AvgIpc) is 1.95. The number of nitrogens with zero attached hydrogens (tertiary/aromatic N) is 1. The summed E-state index contributed by atoms with van der Waals surface area (Å²) in [5.74, 6) is -2.24. The van der Waals surface area contributed by atoms with Crippen LogP contribution in [0.3, 0.4) is 0 Å². The van der Waals surface area contributed by atoms with Crippen molar-refractivity contribution in [2.45, 2.75) is 86.7 Å². The molecule has 0 bridgehead atoms. The van der Waals surface area contributed by atoms with Crippen molar-refractivity contribution in [2.24, 2.45) is 5.14 Å². The predicted octanol–water partition coefficient (Wildman–Crippen LogP) is -0.420. The van der Waals surface area contributed by atoms with Crippen LogP contribution in [-0.4, -0.2) is 200 Å². The van der Waals surface area contributed by atoms with Gasteiger partial charge in [0.15, 0.2) is 43.8 Å². The summed E-state index contributed by atoms with van der Waals surface area (Å²) in [5, 5.41) is 32.0. The van der Waals surface area contributed by atoms with Gasteiger partial charge < -0.3 is 28.4 Å². The van der Waals surface area contributed by atoms with Crippen LogP contribution >= 0.6 is 0 Å². The molecule has 3 aliphatic rings. The van der Waals surface area contributed by atoms with Gasteiger partial charge in [0, 0.05) is 53.7 Å². The third-order valence-electron chi connectivity index (χ3n) is 13.7. The van der Waals surface area contributed by atoms with Crippen LogP contribution in [0.25, 0.3) is 0 Å². The Morgan fingerprint density at radius 3 is 0.976 bits per heavy atom. The van der Waals surface area contributed by atoms with Gasteiger partial charge in [-0.15, -0.1) is 0 Å². The lowest BCUT2D eigenvalue weighted by Gasteiger charge is -2.34. The minimum atomic E-state index is -4.10. The quantitative estimate of drug-likeness (QED) is 0.0287. The Kier molecular flexibility index (Phi) is 26.3. The van der Waals surface area contributed by atoms with E-state index in [1.165, 1.54) is 110 Å². The van der Waals surface area contributed by atoms with Gasteiger partial charge in [0.05, 0.1) is 51.8 Å². The zero-order valence-corrected chi connectivity index (χ0v) is 51.1. The third kappa shape index (κ3) is 18.0. The van der Waals surface area contributed by atoms with E-state index in [0.29, 0.717) is 17.2 Å². The first-order valence-corrected chi connectivity index (χ1v) is 35.1. The van der Waals surface area contributed by atoms with E-state index in [1.807, 2.05) is 0 Å². The summed E-state index contributed by atoms with van der Waals surface area (Å²) in [5.41, 5.74) is 4.38. The number of amides is 3. The summed E-state index contributed by atoms with van der Waals surface area (Å²) in [6, 6.07) is 16.4. The topological polar surface area (TPSA) is 449 Å². The van der Waals surface area contributed by atoms with Crippen molar-refractivity contribution in [3.05, 3.63) is 72.8 Å². The summed E-state index contributed by atoms with van der Waals surface area (Å²) in [7, 11) is -18.2. The van der Waals surface area contributed by atoms with Crippen LogP contribution in [0.1, 0.15) is 57.8 Å². The molecule has 36 heteroatoms. The summed E-state index contributed by atoms with van der Waals surface area (Å²) in [6.45, 7) is 0.890. The summed E-state index contributed by atoms with van der Waals surface area (Å²) in [6.07, 6.45) is 0.309.